The maximum atomic E-state index is 5.55. The molecule has 0 aliphatic carbocycles. The van der Waals surface area contributed by atoms with Gasteiger partial charge in [-0.1, -0.05) is 19.1 Å². The first-order valence-electron chi connectivity index (χ1n) is 6.24. The average Bonchev–Trinajstić information content (AvgIpc) is 2.38. The first-order valence-corrected chi connectivity index (χ1v) is 6.65. The highest BCUT2D eigenvalue weighted by atomic mass is 32.1. The minimum Gasteiger partial charge on any atom is -0.388 e. The maximum Gasteiger partial charge on any atom is 0.122 e. The van der Waals surface area contributed by atoms with Crippen LogP contribution < -0.4 is 11.1 Å². The minimum absolute atomic E-state index is 0.329. The lowest BCUT2D eigenvalue weighted by molar-refractivity contribution is 0.261. The summed E-state index contributed by atoms with van der Waals surface area (Å²) in [5.41, 5.74) is 7.21. The highest BCUT2D eigenvalue weighted by molar-refractivity contribution is 7.80. The fraction of sp³-hybridized carbons (Fsp3) is 0.538. The van der Waals surface area contributed by atoms with Crippen molar-refractivity contribution in [1.82, 2.24) is 9.88 Å². The molecule has 1 unspecified atom stereocenters. The van der Waals surface area contributed by atoms with E-state index in [0.717, 1.165) is 25.2 Å². The Labute approximate surface area is 115 Å². The molecule has 18 heavy (non-hydrogen) atoms. The highest BCUT2D eigenvalue weighted by Gasteiger charge is 2.05. The lowest BCUT2D eigenvalue weighted by atomic mass is 10.2. The Morgan fingerprint density at radius 3 is 2.94 bits per heavy atom. The molecule has 5 heteroatoms. The fourth-order valence-electron chi connectivity index (χ4n) is 1.58. The monoisotopic (exact) mass is 266 g/mol. The normalized spacial score (nSPS) is 12.4. The number of rotatable bonds is 7. The first kappa shape index (κ1) is 14.9. The lowest BCUT2D eigenvalue weighted by Crippen LogP contribution is -2.32. The molecule has 1 rings (SSSR count). The Kier molecular flexibility index (Phi) is 6.01. The van der Waals surface area contributed by atoms with Crippen LogP contribution in [-0.2, 0) is 0 Å². The molecule has 1 atom stereocenters. The second kappa shape index (κ2) is 7.28. The van der Waals surface area contributed by atoms with Crippen LogP contribution in [0.4, 0.5) is 5.69 Å². The van der Waals surface area contributed by atoms with Crippen LogP contribution in [0.1, 0.15) is 26.0 Å². The molecule has 0 saturated heterocycles. The van der Waals surface area contributed by atoms with E-state index in [1.807, 2.05) is 12.1 Å². The van der Waals surface area contributed by atoms with Crippen molar-refractivity contribution in [3.05, 3.63) is 24.0 Å². The smallest absolute Gasteiger partial charge is 0.122 e. The second-order valence-corrected chi connectivity index (χ2v) is 4.90. The molecule has 1 aromatic rings. The van der Waals surface area contributed by atoms with Crippen molar-refractivity contribution in [1.29, 1.82) is 0 Å². The summed E-state index contributed by atoms with van der Waals surface area (Å²) in [6.45, 7) is 6.32. The van der Waals surface area contributed by atoms with Crippen LogP contribution in [-0.4, -0.2) is 41.1 Å². The summed E-state index contributed by atoms with van der Waals surface area (Å²) < 4.78 is 0. The average molecular weight is 266 g/mol. The molecule has 0 fully saturated rings. The van der Waals surface area contributed by atoms with Crippen molar-refractivity contribution in [3.63, 3.8) is 0 Å². The van der Waals surface area contributed by atoms with Gasteiger partial charge in [0.05, 0.1) is 5.69 Å². The molecular formula is C13H22N4S. The zero-order valence-electron chi connectivity index (χ0n) is 11.3. The molecule has 0 saturated carbocycles. The number of anilines is 1. The van der Waals surface area contributed by atoms with E-state index in [1.165, 1.54) is 0 Å². The predicted molar refractivity (Wildman–Crippen MR) is 81.0 cm³/mol. The van der Waals surface area contributed by atoms with Crippen LogP contribution in [0.2, 0.25) is 0 Å². The van der Waals surface area contributed by atoms with Gasteiger partial charge in [0.2, 0.25) is 0 Å². The van der Waals surface area contributed by atoms with E-state index < -0.39 is 0 Å². The Bertz CT molecular complexity index is 394. The highest BCUT2D eigenvalue weighted by Crippen LogP contribution is 2.08. The van der Waals surface area contributed by atoms with Gasteiger partial charge in [-0.3, -0.25) is 4.98 Å². The predicted octanol–water partition coefficient (Wildman–Crippen LogP) is 1.86. The summed E-state index contributed by atoms with van der Waals surface area (Å²) in [6, 6.07) is 4.41. The third kappa shape index (κ3) is 4.58. The van der Waals surface area contributed by atoms with Crippen LogP contribution in [0.25, 0.3) is 0 Å². The maximum absolute atomic E-state index is 5.55. The van der Waals surface area contributed by atoms with E-state index in [2.05, 4.69) is 36.1 Å². The van der Waals surface area contributed by atoms with Crippen LogP contribution in [0.3, 0.4) is 0 Å². The topological polar surface area (TPSA) is 54.2 Å². The number of hydrogen-bond acceptors (Lipinski definition) is 4. The van der Waals surface area contributed by atoms with Crippen LogP contribution >= 0.6 is 12.2 Å². The Balaban J connectivity index is 2.44. The summed E-state index contributed by atoms with van der Waals surface area (Å²) in [7, 11) is 2.14. The van der Waals surface area contributed by atoms with Gasteiger partial charge in [-0.15, -0.1) is 0 Å². The lowest BCUT2D eigenvalue weighted by Gasteiger charge is -2.23. The van der Waals surface area contributed by atoms with Gasteiger partial charge in [-0.25, -0.2) is 0 Å². The van der Waals surface area contributed by atoms with E-state index in [9.17, 15) is 0 Å². The second-order valence-electron chi connectivity index (χ2n) is 4.46. The van der Waals surface area contributed by atoms with Crippen molar-refractivity contribution in [2.75, 3.05) is 25.5 Å². The molecule has 3 N–H and O–H groups in total. The number of likely N-dealkylation sites (N-methyl/N-ethyl adjacent to an activating group) is 1. The number of thiocarbonyl (C=S) groups is 1. The van der Waals surface area contributed by atoms with Gasteiger partial charge in [0.15, 0.2) is 0 Å². The molecule has 0 aliphatic heterocycles. The number of hydrogen-bond donors (Lipinski definition) is 2. The molecule has 100 valence electrons. The van der Waals surface area contributed by atoms with Crippen molar-refractivity contribution in [2.24, 2.45) is 5.73 Å². The van der Waals surface area contributed by atoms with E-state index in [-0.39, 0.29) is 0 Å². The number of nitrogens with one attached hydrogen (secondary N) is 1. The standard InChI is InChI=1S/C13H22N4S/c1-4-10(2)17(3)8-7-15-11-5-6-16-12(9-11)13(14)18/h5-6,9-10H,4,7-8H2,1-3H3,(H2,14,18)(H,15,16). The van der Waals surface area contributed by atoms with Gasteiger partial charge < -0.3 is 16.0 Å². The van der Waals surface area contributed by atoms with Crippen molar-refractivity contribution < 1.29 is 0 Å². The molecule has 1 heterocycles. The third-order valence-corrected chi connectivity index (χ3v) is 3.36. The van der Waals surface area contributed by atoms with Crippen LogP contribution in [0, 0.1) is 0 Å². The van der Waals surface area contributed by atoms with Gasteiger partial charge in [0.25, 0.3) is 0 Å². The number of nitrogens with two attached hydrogens (primary N) is 1. The van der Waals surface area contributed by atoms with Gasteiger partial charge in [-0.05, 0) is 32.5 Å². The molecule has 0 bridgehead atoms. The summed E-state index contributed by atoms with van der Waals surface area (Å²) in [6.07, 6.45) is 2.88. The summed E-state index contributed by atoms with van der Waals surface area (Å²) in [5, 5.41) is 3.35. The Morgan fingerprint density at radius 1 is 1.61 bits per heavy atom. The zero-order valence-corrected chi connectivity index (χ0v) is 12.1. The molecule has 0 aromatic carbocycles. The van der Waals surface area contributed by atoms with Gasteiger partial charge >= 0.3 is 0 Å². The number of pyridine rings is 1. The Morgan fingerprint density at radius 2 is 2.33 bits per heavy atom. The van der Waals surface area contributed by atoms with E-state index in [0.29, 0.717) is 16.7 Å². The largest absolute Gasteiger partial charge is 0.388 e. The number of aromatic nitrogens is 1. The molecular weight excluding hydrogens is 244 g/mol. The summed E-state index contributed by atoms with van der Waals surface area (Å²) >= 11 is 4.90. The van der Waals surface area contributed by atoms with Gasteiger partial charge in [0.1, 0.15) is 4.99 Å². The summed E-state index contributed by atoms with van der Waals surface area (Å²) in [4.78, 5) is 6.77. The SMILES string of the molecule is CCC(C)N(C)CCNc1ccnc(C(N)=S)c1. The van der Waals surface area contributed by atoms with Crippen molar-refractivity contribution >= 4 is 22.9 Å². The molecule has 0 amide bonds. The summed E-state index contributed by atoms with van der Waals surface area (Å²) in [5.74, 6) is 0. The Hall–Kier alpha value is -1.20. The van der Waals surface area contributed by atoms with Crippen molar-refractivity contribution in [3.8, 4) is 0 Å². The number of nitrogens with zero attached hydrogens (tertiary/aromatic N) is 2. The quantitative estimate of drug-likeness (QED) is 0.738. The van der Waals surface area contributed by atoms with E-state index in [4.69, 9.17) is 18.0 Å². The minimum atomic E-state index is 0.329. The van der Waals surface area contributed by atoms with E-state index in [1.54, 1.807) is 6.20 Å². The first-order chi connectivity index (χ1) is 8.54. The zero-order chi connectivity index (χ0) is 13.5. The molecule has 0 spiro atoms. The van der Waals surface area contributed by atoms with Crippen LogP contribution in [0.15, 0.2) is 18.3 Å². The van der Waals surface area contributed by atoms with Gasteiger partial charge in [0, 0.05) is 31.0 Å². The molecule has 0 aliphatic rings. The van der Waals surface area contributed by atoms with Crippen LogP contribution in [0.5, 0.6) is 0 Å². The molecule has 1 aromatic heterocycles. The molecule has 0 radical (unpaired) electrons. The van der Waals surface area contributed by atoms with Crippen molar-refractivity contribution in [2.45, 2.75) is 26.3 Å². The molecule has 4 nitrogen and oxygen atoms in total. The van der Waals surface area contributed by atoms with E-state index >= 15 is 0 Å². The fourth-order valence-corrected chi connectivity index (χ4v) is 1.70. The van der Waals surface area contributed by atoms with Gasteiger partial charge in [-0.2, -0.15) is 0 Å². The third-order valence-electron chi connectivity index (χ3n) is 3.15.